The molecule has 0 rings (SSSR count). The van der Waals surface area contributed by atoms with Crippen LogP contribution in [0.2, 0.25) is 0 Å². The highest BCUT2D eigenvalue weighted by Crippen LogP contribution is 2.05. The Morgan fingerprint density at radius 2 is 1.93 bits per heavy atom. The zero-order valence-electron chi connectivity index (χ0n) is 10.1. The van der Waals surface area contributed by atoms with Gasteiger partial charge in [0.15, 0.2) is 0 Å². The van der Waals surface area contributed by atoms with E-state index in [2.05, 4.69) is 35.1 Å². The van der Waals surface area contributed by atoms with E-state index in [1.165, 1.54) is 0 Å². The number of rotatable bonds is 10. The highest BCUT2D eigenvalue weighted by atomic mass is 79.9. The molecule has 0 amide bonds. The minimum atomic E-state index is 0.543. The van der Waals surface area contributed by atoms with Gasteiger partial charge in [-0.1, -0.05) is 22.9 Å². The molecule has 4 heteroatoms. The summed E-state index contributed by atoms with van der Waals surface area (Å²) in [5.74, 6) is 0. The molecule has 1 N–H and O–H groups in total. The van der Waals surface area contributed by atoms with E-state index in [1.54, 1.807) is 7.11 Å². The van der Waals surface area contributed by atoms with Gasteiger partial charge < -0.3 is 14.8 Å². The van der Waals surface area contributed by atoms with Crippen molar-refractivity contribution in [3.05, 3.63) is 0 Å². The van der Waals surface area contributed by atoms with Crippen molar-refractivity contribution in [3.63, 3.8) is 0 Å². The lowest BCUT2D eigenvalue weighted by Crippen LogP contribution is -2.31. The van der Waals surface area contributed by atoms with Gasteiger partial charge in [0, 0.05) is 37.7 Å². The summed E-state index contributed by atoms with van der Waals surface area (Å²) in [6, 6.07) is 0.543. The quantitative estimate of drug-likeness (QED) is 0.492. The highest BCUT2D eigenvalue weighted by Gasteiger charge is 2.04. The molecule has 0 aromatic rings. The summed E-state index contributed by atoms with van der Waals surface area (Å²) in [7, 11) is 1.71. The van der Waals surface area contributed by atoms with Crippen LogP contribution in [0.4, 0.5) is 0 Å². The van der Waals surface area contributed by atoms with Gasteiger partial charge in [-0.2, -0.15) is 0 Å². The molecule has 0 aliphatic heterocycles. The average Bonchev–Trinajstić information content (AvgIpc) is 2.15. The van der Waals surface area contributed by atoms with E-state index in [0.29, 0.717) is 10.9 Å². The number of methoxy groups -OCH3 is 1. The molecule has 0 saturated carbocycles. The molecule has 2 unspecified atom stereocenters. The van der Waals surface area contributed by atoms with Gasteiger partial charge in [-0.25, -0.2) is 0 Å². The number of alkyl halides is 1. The molecule has 0 heterocycles. The molecule has 15 heavy (non-hydrogen) atoms. The zero-order valence-corrected chi connectivity index (χ0v) is 11.7. The molecule has 2 atom stereocenters. The van der Waals surface area contributed by atoms with Gasteiger partial charge in [-0.05, 0) is 19.8 Å². The van der Waals surface area contributed by atoms with E-state index >= 15 is 0 Å². The first-order valence-corrected chi connectivity index (χ1v) is 6.52. The van der Waals surface area contributed by atoms with Crippen molar-refractivity contribution in [1.29, 1.82) is 0 Å². The predicted molar refractivity (Wildman–Crippen MR) is 67.8 cm³/mol. The van der Waals surface area contributed by atoms with Gasteiger partial charge in [0.1, 0.15) is 0 Å². The van der Waals surface area contributed by atoms with Gasteiger partial charge in [0.25, 0.3) is 0 Å². The Balaban J connectivity index is 3.09. The van der Waals surface area contributed by atoms with Crippen LogP contribution >= 0.6 is 15.9 Å². The standard InChI is InChI=1S/C11H24BrNO2/c1-10(12)9-11(2)13-5-8-15-7-4-6-14-3/h10-11,13H,4-9H2,1-3H3. The van der Waals surface area contributed by atoms with Gasteiger partial charge in [-0.15, -0.1) is 0 Å². The van der Waals surface area contributed by atoms with Crippen LogP contribution in [0.5, 0.6) is 0 Å². The maximum Gasteiger partial charge on any atom is 0.0591 e. The number of halogens is 1. The second-order valence-corrected chi connectivity index (χ2v) is 5.39. The molecule has 0 aromatic carbocycles. The van der Waals surface area contributed by atoms with Crippen molar-refractivity contribution < 1.29 is 9.47 Å². The SMILES string of the molecule is COCCCOCCNC(C)CC(C)Br. The molecule has 0 fully saturated rings. The van der Waals surface area contributed by atoms with Crippen molar-refractivity contribution in [2.24, 2.45) is 0 Å². The molecule has 0 bridgehead atoms. The summed E-state index contributed by atoms with van der Waals surface area (Å²) in [5.41, 5.74) is 0. The first-order chi connectivity index (χ1) is 7.16. The minimum absolute atomic E-state index is 0.543. The third kappa shape index (κ3) is 12.3. The van der Waals surface area contributed by atoms with E-state index in [1.807, 2.05) is 0 Å². The van der Waals surface area contributed by atoms with Crippen LogP contribution in [0.3, 0.4) is 0 Å². The molecule has 0 aliphatic carbocycles. The van der Waals surface area contributed by atoms with E-state index in [-0.39, 0.29) is 0 Å². The monoisotopic (exact) mass is 281 g/mol. The summed E-state index contributed by atoms with van der Waals surface area (Å²) in [5, 5.41) is 3.42. The molecule has 3 nitrogen and oxygen atoms in total. The Morgan fingerprint density at radius 3 is 2.53 bits per heavy atom. The zero-order chi connectivity index (χ0) is 11.5. The smallest absolute Gasteiger partial charge is 0.0591 e. The molecule has 0 radical (unpaired) electrons. The fourth-order valence-corrected chi connectivity index (χ4v) is 1.92. The van der Waals surface area contributed by atoms with Crippen LogP contribution in [-0.2, 0) is 9.47 Å². The molecule has 92 valence electrons. The van der Waals surface area contributed by atoms with E-state index in [4.69, 9.17) is 9.47 Å². The predicted octanol–water partition coefficient (Wildman–Crippen LogP) is 2.19. The molecular formula is C11H24BrNO2. The summed E-state index contributed by atoms with van der Waals surface area (Å²) in [6.45, 7) is 7.64. The maximum atomic E-state index is 5.44. The van der Waals surface area contributed by atoms with E-state index < -0.39 is 0 Å². The van der Waals surface area contributed by atoms with Crippen LogP contribution in [0.25, 0.3) is 0 Å². The topological polar surface area (TPSA) is 30.5 Å². The second-order valence-electron chi connectivity index (χ2n) is 3.83. The van der Waals surface area contributed by atoms with Crippen LogP contribution in [0.1, 0.15) is 26.7 Å². The third-order valence-electron chi connectivity index (χ3n) is 2.05. The molecular weight excluding hydrogens is 258 g/mol. The Kier molecular flexibility index (Phi) is 11.1. The van der Waals surface area contributed by atoms with Crippen molar-refractivity contribution in [3.8, 4) is 0 Å². The van der Waals surface area contributed by atoms with Crippen molar-refractivity contribution in [2.45, 2.75) is 37.6 Å². The fraction of sp³-hybridized carbons (Fsp3) is 1.00. The number of nitrogens with one attached hydrogen (secondary N) is 1. The van der Waals surface area contributed by atoms with Crippen LogP contribution in [0.15, 0.2) is 0 Å². The first-order valence-electron chi connectivity index (χ1n) is 5.61. The number of hydrogen-bond acceptors (Lipinski definition) is 3. The van der Waals surface area contributed by atoms with E-state index in [9.17, 15) is 0 Å². The van der Waals surface area contributed by atoms with Crippen LogP contribution < -0.4 is 5.32 Å². The average molecular weight is 282 g/mol. The molecule has 0 aromatic heterocycles. The van der Waals surface area contributed by atoms with Crippen LogP contribution in [0, 0.1) is 0 Å². The lowest BCUT2D eigenvalue weighted by Gasteiger charge is -2.15. The van der Waals surface area contributed by atoms with Crippen molar-refractivity contribution >= 4 is 15.9 Å². The molecule has 0 aliphatic rings. The number of hydrogen-bond donors (Lipinski definition) is 1. The summed E-state index contributed by atoms with van der Waals surface area (Å²) >= 11 is 3.54. The minimum Gasteiger partial charge on any atom is -0.385 e. The van der Waals surface area contributed by atoms with Crippen molar-refractivity contribution in [1.82, 2.24) is 5.32 Å². The fourth-order valence-electron chi connectivity index (χ4n) is 1.36. The van der Waals surface area contributed by atoms with Gasteiger partial charge in [0.2, 0.25) is 0 Å². The Hall–Kier alpha value is 0.360. The Bertz CT molecular complexity index is 134. The molecule has 0 spiro atoms. The summed E-state index contributed by atoms with van der Waals surface area (Å²) < 4.78 is 10.4. The first kappa shape index (κ1) is 15.4. The van der Waals surface area contributed by atoms with E-state index in [0.717, 1.165) is 39.2 Å². The van der Waals surface area contributed by atoms with Crippen molar-refractivity contribution in [2.75, 3.05) is 33.5 Å². The lowest BCUT2D eigenvalue weighted by molar-refractivity contribution is 0.103. The number of ether oxygens (including phenoxy) is 2. The summed E-state index contributed by atoms with van der Waals surface area (Å²) in [4.78, 5) is 0.572. The normalized spacial score (nSPS) is 15.2. The largest absolute Gasteiger partial charge is 0.385 e. The molecule has 0 saturated heterocycles. The van der Waals surface area contributed by atoms with Gasteiger partial charge >= 0.3 is 0 Å². The Labute approximate surface area is 102 Å². The van der Waals surface area contributed by atoms with Gasteiger partial charge in [-0.3, -0.25) is 0 Å². The van der Waals surface area contributed by atoms with Gasteiger partial charge in [0.05, 0.1) is 6.61 Å². The highest BCUT2D eigenvalue weighted by molar-refractivity contribution is 9.09. The second kappa shape index (κ2) is 10.9. The lowest BCUT2D eigenvalue weighted by atomic mass is 10.2. The van der Waals surface area contributed by atoms with Crippen LogP contribution in [-0.4, -0.2) is 44.3 Å². The third-order valence-corrected chi connectivity index (χ3v) is 2.43. The maximum absolute atomic E-state index is 5.44. The summed E-state index contributed by atoms with van der Waals surface area (Å²) in [6.07, 6.45) is 2.12. The Morgan fingerprint density at radius 1 is 1.20 bits per heavy atom.